The van der Waals surface area contributed by atoms with Crippen LogP contribution in [0.4, 0.5) is 5.69 Å². The van der Waals surface area contributed by atoms with Crippen LogP contribution < -0.4 is 10.1 Å². The minimum Gasteiger partial charge on any atom is -0.492 e. The van der Waals surface area contributed by atoms with E-state index in [2.05, 4.69) is 32.2 Å². The molecule has 20 heavy (non-hydrogen) atoms. The largest absolute Gasteiger partial charge is 0.492 e. The average molecular weight is 296 g/mol. The zero-order valence-electron chi connectivity index (χ0n) is 12.8. The van der Waals surface area contributed by atoms with Crippen molar-refractivity contribution in [2.24, 2.45) is 11.8 Å². The highest BCUT2D eigenvalue weighted by Gasteiger charge is 2.27. The Labute approximate surface area is 127 Å². The number of hydrogen-bond donors (Lipinski definition) is 1. The molecule has 0 radical (unpaired) electrons. The highest BCUT2D eigenvalue weighted by Crippen LogP contribution is 2.33. The number of ether oxygens (including phenoxy) is 1. The summed E-state index contributed by atoms with van der Waals surface area (Å²) in [6.07, 6.45) is 4.97. The third-order valence-corrected chi connectivity index (χ3v) is 4.57. The van der Waals surface area contributed by atoms with E-state index in [4.69, 9.17) is 16.3 Å². The molecular weight excluding hydrogens is 270 g/mol. The van der Waals surface area contributed by atoms with Crippen LogP contribution in [0.5, 0.6) is 5.75 Å². The molecule has 1 aromatic carbocycles. The van der Waals surface area contributed by atoms with E-state index in [1.165, 1.54) is 19.3 Å². The van der Waals surface area contributed by atoms with Gasteiger partial charge in [0, 0.05) is 11.7 Å². The molecule has 1 aliphatic carbocycles. The second-order valence-electron chi connectivity index (χ2n) is 6.05. The van der Waals surface area contributed by atoms with Crippen molar-refractivity contribution in [3.8, 4) is 5.75 Å². The van der Waals surface area contributed by atoms with Crippen LogP contribution in [0.2, 0.25) is 5.02 Å². The lowest BCUT2D eigenvalue weighted by molar-refractivity contribution is 0.268. The fourth-order valence-corrected chi connectivity index (χ4v) is 3.31. The maximum absolute atomic E-state index is 6.29. The summed E-state index contributed by atoms with van der Waals surface area (Å²) in [6.45, 7) is 7.49. The van der Waals surface area contributed by atoms with E-state index in [1.807, 2.05) is 12.1 Å². The second-order valence-corrected chi connectivity index (χ2v) is 6.46. The SMILES string of the molecule is CCCOc1ccc(NC2C(C)CCCC2C)cc1Cl. The molecule has 1 aromatic rings. The molecule has 3 heteroatoms. The van der Waals surface area contributed by atoms with Gasteiger partial charge < -0.3 is 10.1 Å². The van der Waals surface area contributed by atoms with E-state index in [0.29, 0.717) is 29.5 Å². The molecule has 1 aliphatic rings. The molecule has 1 fully saturated rings. The van der Waals surface area contributed by atoms with E-state index in [9.17, 15) is 0 Å². The topological polar surface area (TPSA) is 21.3 Å². The Kier molecular flexibility index (Phi) is 5.59. The van der Waals surface area contributed by atoms with Gasteiger partial charge in [0.2, 0.25) is 0 Å². The summed E-state index contributed by atoms with van der Waals surface area (Å²) in [4.78, 5) is 0. The Morgan fingerprint density at radius 1 is 1.25 bits per heavy atom. The molecule has 2 nitrogen and oxygen atoms in total. The van der Waals surface area contributed by atoms with Gasteiger partial charge >= 0.3 is 0 Å². The molecule has 0 heterocycles. The summed E-state index contributed by atoms with van der Waals surface area (Å²) in [5.74, 6) is 2.21. The van der Waals surface area contributed by atoms with E-state index in [-0.39, 0.29) is 0 Å². The molecule has 0 aromatic heterocycles. The van der Waals surface area contributed by atoms with E-state index in [0.717, 1.165) is 17.9 Å². The van der Waals surface area contributed by atoms with Gasteiger partial charge in [-0.05, 0) is 49.3 Å². The standard InChI is InChI=1S/C17H26ClNO/c1-4-10-20-16-9-8-14(11-15(16)18)19-17-12(2)6-5-7-13(17)3/h8-9,11-13,17,19H,4-7,10H2,1-3H3. The molecule has 0 amide bonds. The second kappa shape index (κ2) is 7.21. The van der Waals surface area contributed by atoms with Crippen LogP contribution in [0.3, 0.4) is 0 Å². The van der Waals surface area contributed by atoms with Crippen molar-refractivity contribution in [1.29, 1.82) is 0 Å². The quantitative estimate of drug-likeness (QED) is 0.789. The fraction of sp³-hybridized carbons (Fsp3) is 0.647. The van der Waals surface area contributed by atoms with E-state index in [1.54, 1.807) is 0 Å². The number of nitrogens with one attached hydrogen (secondary N) is 1. The van der Waals surface area contributed by atoms with Crippen LogP contribution >= 0.6 is 11.6 Å². The van der Waals surface area contributed by atoms with E-state index >= 15 is 0 Å². The molecular formula is C17H26ClNO. The van der Waals surface area contributed by atoms with Crippen molar-refractivity contribution in [2.45, 2.75) is 52.5 Å². The molecule has 1 saturated carbocycles. The predicted molar refractivity (Wildman–Crippen MR) is 86.8 cm³/mol. The summed E-state index contributed by atoms with van der Waals surface area (Å²) >= 11 is 6.29. The minimum atomic E-state index is 0.544. The Hall–Kier alpha value is -0.890. The van der Waals surface area contributed by atoms with Crippen LogP contribution in [0.1, 0.15) is 46.5 Å². The normalized spacial score (nSPS) is 26.3. The summed E-state index contributed by atoms with van der Waals surface area (Å²) < 4.78 is 5.61. The molecule has 0 spiro atoms. The molecule has 2 atom stereocenters. The smallest absolute Gasteiger partial charge is 0.138 e. The maximum Gasteiger partial charge on any atom is 0.138 e. The first-order valence-electron chi connectivity index (χ1n) is 7.80. The first-order chi connectivity index (χ1) is 9.61. The van der Waals surface area contributed by atoms with Crippen LogP contribution in [0.25, 0.3) is 0 Å². The van der Waals surface area contributed by atoms with Gasteiger partial charge in [0.15, 0.2) is 0 Å². The summed E-state index contributed by atoms with van der Waals surface area (Å²) in [5, 5.41) is 4.36. The molecule has 0 saturated heterocycles. The molecule has 2 unspecified atom stereocenters. The van der Waals surface area contributed by atoms with Crippen molar-refractivity contribution in [3.63, 3.8) is 0 Å². The monoisotopic (exact) mass is 295 g/mol. The maximum atomic E-state index is 6.29. The van der Waals surface area contributed by atoms with Crippen LogP contribution in [-0.4, -0.2) is 12.6 Å². The van der Waals surface area contributed by atoms with Gasteiger partial charge in [-0.2, -0.15) is 0 Å². The number of rotatable bonds is 5. The van der Waals surface area contributed by atoms with Crippen molar-refractivity contribution < 1.29 is 4.74 Å². The molecule has 0 bridgehead atoms. The summed E-state index contributed by atoms with van der Waals surface area (Å²) in [7, 11) is 0. The Morgan fingerprint density at radius 3 is 2.55 bits per heavy atom. The third-order valence-electron chi connectivity index (χ3n) is 4.27. The Balaban J connectivity index is 2.04. The minimum absolute atomic E-state index is 0.544. The van der Waals surface area contributed by atoms with Crippen LogP contribution in [0.15, 0.2) is 18.2 Å². The summed E-state index contributed by atoms with van der Waals surface area (Å²) in [5.41, 5.74) is 1.10. The molecule has 1 N–H and O–H groups in total. The van der Waals surface area contributed by atoms with Gasteiger partial charge in [0.1, 0.15) is 5.75 Å². The number of anilines is 1. The summed E-state index contributed by atoms with van der Waals surface area (Å²) in [6, 6.07) is 6.58. The zero-order valence-corrected chi connectivity index (χ0v) is 13.5. The highest BCUT2D eigenvalue weighted by molar-refractivity contribution is 6.32. The first kappa shape index (κ1) is 15.5. The Morgan fingerprint density at radius 2 is 1.95 bits per heavy atom. The van der Waals surface area contributed by atoms with Gasteiger partial charge in [-0.3, -0.25) is 0 Å². The van der Waals surface area contributed by atoms with Crippen molar-refractivity contribution in [1.82, 2.24) is 0 Å². The van der Waals surface area contributed by atoms with Gasteiger partial charge in [-0.1, -0.05) is 38.8 Å². The van der Waals surface area contributed by atoms with Crippen molar-refractivity contribution in [3.05, 3.63) is 23.2 Å². The van der Waals surface area contributed by atoms with Crippen LogP contribution in [-0.2, 0) is 0 Å². The first-order valence-corrected chi connectivity index (χ1v) is 8.18. The predicted octanol–water partition coefficient (Wildman–Crippen LogP) is 5.37. The zero-order chi connectivity index (χ0) is 14.5. The average Bonchev–Trinajstić information content (AvgIpc) is 2.42. The lowest BCUT2D eigenvalue weighted by Crippen LogP contribution is -2.37. The van der Waals surface area contributed by atoms with Crippen LogP contribution in [0, 0.1) is 11.8 Å². The lowest BCUT2D eigenvalue weighted by atomic mass is 9.78. The highest BCUT2D eigenvalue weighted by atomic mass is 35.5. The molecule has 2 rings (SSSR count). The third kappa shape index (κ3) is 3.82. The molecule has 0 aliphatic heterocycles. The van der Waals surface area contributed by atoms with E-state index < -0.39 is 0 Å². The van der Waals surface area contributed by atoms with Gasteiger partial charge in [-0.15, -0.1) is 0 Å². The number of benzene rings is 1. The van der Waals surface area contributed by atoms with Gasteiger partial charge in [-0.25, -0.2) is 0 Å². The fourth-order valence-electron chi connectivity index (χ4n) is 3.08. The lowest BCUT2D eigenvalue weighted by Gasteiger charge is -2.36. The van der Waals surface area contributed by atoms with Crippen molar-refractivity contribution in [2.75, 3.05) is 11.9 Å². The molecule has 112 valence electrons. The number of hydrogen-bond acceptors (Lipinski definition) is 2. The van der Waals surface area contributed by atoms with Gasteiger partial charge in [0.25, 0.3) is 0 Å². The Bertz CT molecular complexity index is 425. The van der Waals surface area contributed by atoms with Crippen molar-refractivity contribution >= 4 is 17.3 Å². The van der Waals surface area contributed by atoms with Gasteiger partial charge in [0.05, 0.1) is 11.6 Å². The number of halogens is 1.